The molecule has 1 aromatic carbocycles. The lowest BCUT2D eigenvalue weighted by Crippen LogP contribution is -2.15. The predicted octanol–water partition coefficient (Wildman–Crippen LogP) is 2.94. The van der Waals surface area contributed by atoms with Gasteiger partial charge in [0.2, 0.25) is 0 Å². The van der Waals surface area contributed by atoms with Gasteiger partial charge in [-0.05, 0) is 48.2 Å². The van der Waals surface area contributed by atoms with Crippen LogP contribution in [0.15, 0.2) is 22.7 Å². The van der Waals surface area contributed by atoms with E-state index in [-0.39, 0.29) is 5.78 Å². The molecule has 0 aliphatic carbocycles. The molecule has 0 bridgehead atoms. The van der Waals surface area contributed by atoms with Gasteiger partial charge < -0.3 is 9.64 Å². The van der Waals surface area contributed by atoms with Gasteiger partial charge in [0.05, 0.1) is 17.3 Å². The van der Waals surface area contributed by atoms with E-state index in [9.17, 15) is 4.79 Å². The van der Waals surface area contributed by atoms with Gasteiger partial charge in [-0.25, -0.2) is 0 Å². The number of ketones is 1. The van der Waals surface area contributed by atoms with Gasteiger partial charge >= 0.3 is 0 Å². The van der Waals surface area contributed by atoms with Gasteiger partial charge in [0.25, 0.3) is 0 Å². The summed E-state index contributed by atoms with van der Waals surface area (Å²) in [6.07, 6.45) is 0. The Balaban J connectivity index is 2.49. The number of Topliss-reactive ketones (excluding diaryl/α,β-unsaturated/α-hetero) is 1. The van der Waals surface area contributed by atoms with E-state index in [1.54, 1.807) is 24.9 Å². The van der Waals surface area contributed by atoms with E-state index in [2.05, 4.69) is 20.8 Å². The first-order valence-corrected chi connectivity index (χ1v) is 7.58. The van der Waals surface area contributed by atoms with Crippen molar-refractivity contribution in [2.45, 2.75) is 0 Å². The zero-order valence-electron chi connectivity index (χ0n) is 10.9. The maximum absolute atomic E-state index is 11.9. The fraction of sp³-hybridized carbons (Fsp3) is 0.462. The summed E-state index contributed by atoms with van der Waals surface area (Å²) in [6, 6.07) is 5.42. The van der Waals surface area contributed by atoms with Crippen molar-refractivity contribution in [3.8, 4) is 5.75 Å². The number of thioether (sulfide) groups is 1. The molecule has 1 aromatic rings. The number of methoxy groups -OCH3 is 1. The molecule has 0 spiro atoms. The zero-order chi connectivity index (χ0) is 13.5. The standard InChI is InChI=1S/C13H18BrNO2S/c1-15(2)6-7-18-9-12(16)10-4-5-13(17-3)11(14)8-10/h4-5,8H,6-7,9H2,1-3H3. The number of rotatable bonds is 7. The molecule has 1 rings (SSSR count). The van der Waals surface area contributed by atoms with Crippen LogP contribution in [0.1, 0.15) is 10.4 Å². The molecule has 18 heavy (non-hydrogen) atoms. The summed E-state index contributed by atoms with van der Waals surface area (Å²) in [7, 11) is 5.67. The first-order chi connectivity index (χ1) is 8.54. The quantitative estimate of drug-likeness (QED) is 0.567. The third-order valence-electron chi connectivity index (χ3n) is 2.39. The molecule has 0 heterocycles. The first-order valence-electron chi connectivity index (χ1n) is 5.64. The molecule has 0 amide bonds. The largest absolute Gasteiger partial charge is 0.496 e. The summed E-state index contributed by atoms with van der Waals surface area (Å²) >= 11 is 5.05. The van der Waals surface area contributed by atoms with Crippen molar-refractivity contribution < 1.29 is 9.53 Å². The Bertz CT molecular complexity index is 410. The number of hydrogen-bond donors (Lipinski definition) is 0. The third kappa shape index (κ3) is 5.00. The van der Waals surface area contributed by atoms with E-state index < -0.39 is 0 Å². The molecule has 0 radical (unpaired) electrons. The summed E-state index contributed by atoms with van der Waals surface area (Å²) in [5.41, 5.74) is 0.722. The molecular weight excluding hydrogens is 314 g/mol. The highest BCUT2D eigenvalue weighted by Gasteiger charge is 2.09. The second-order valence-electron chi connectivity index (χ2n) is 4.13. The third-order valence-corrected chi connectivity index (χ3v) is 3.95. The minimum absolute atomic E-state index is 0.155. The van der Waals surface area contributed by atoms with Crippen LogP contribution in [0.3, 0.4) is 0 Å². The number of carbonyl (C=O) groups excluding carboxylic acids is 1. The van der Waals surface area contributed by atoms with Crippen molar-refractivity contribution in [1.82, 2.24) is 4.90 Å². The summed E-state index contributed by atoms with van der Waals surface area (Å²) < 4.78 is 5.95. The predicted molar refractivity (Wildman–Crippen MR) is 80.9 cm³/mol. The minimum atomic E-state index is 0.155. The second kappa shape index (κ2) is 7.81. The fourth-order valence-electron chi connectivity index (χ4n) is 1.34. The van der Waals surface area contributed by atoms with E-state index in [4.69, 9.17) is 4.74 Å². The van der Waals surface area contributed by atoms with Crippen molar-refractivity contribution >= 4 is 33.5 Å². The highest BCUT2D eigenvalue weighted by Crippen LogP contribution is 2.26. The number of hydrogen-bond acceptors (Lipinski definition) is 4. The lowest BCUT2D eigenvalue weighted by molar-refractivity contribution is 0.102. The number of nitrogens with zero attached hydrogens (tertiary/aromatic N) is 1. The molecule has 0 fully saturated rings. The minimum Gasteiger partial charge on any atom is -0.496 e. The Kier molecular flexibility index (Phi) is 6.75. The lowest BCUT2D eigenvalue weighted by Gasteiger charge is -2.09. The Morgan fingerprint density at radius 3 is 2.72 bits per heavy atom. The van der Waals surface area contributed by atoms with Gasteiger partial charge in [0.1, 0.15) is 5.75 Å². The number of carbonyl (C=O) groups is 1. The molecule has 0 unspecified atom stereocenters. The van der Waals surface area contributed by atoms with Crippen LogP contribution in [-0.4, -0.2) is 49.9 Å². The maximum Gasteiger partial charge on any atom is 0.172 e. The van der Waals surface area contributed by atoms with Crippen LogP contribution < -0.4 is 4.74 Å². The van der Waals surface area contributed by atoms with Crippen LogP contribution >= 0.6 is 27.7 Å². The van der Waals surface area contributed by atoms with Crippen LogP contribution in [0, 0.1) is 0 Å². The molecular formula is C13H18BrNO2S. The summed E-state index contributed by atoms with van der Waals surface area (Å²) in [6.45, 7) is 0.990. The highest BCUT2D eigenvalue weighted by atomic mass is 79.9. The van der Waals surface area contributed by atoms with Crippen molar-refractivity contribution in [2.75, 3.05) is 39.3 Å². The average molecular weight is 332 g/mol. The molecule has 5 heteroatoms. The van der Waals surface area contributed by atoms with Crippen LogP contribution in [0.4, 0.5) is 0 Å². The molecule has 100 valence electrons. The zero-order valence-corrected chi connectivity index (χ0v) is 13.3. The fourth-order valence-corrected chi connectivity index (χ4v) is 2.87. The van der Waals surface area contributed by atoms with Gasteiger partial charge in [-0.15, -0.1) is 0 Å². The molecule has 3 nitrogen and oxygen atoms in total. The van der Waals surface area contributed by atoms with E-state index in [0.717, 1.165) is 28.1 Å². The first kappa shape index (κ1) is 15.5. The Morgan fingerprint density at radius 2 is 2.17 bits per heavy atom. The van der Waals surface area contributed by atoms with E-state index >= 15 is 0 Å². The molecule has 0 N–H and O–H groups in total. The second-order valence-corrected chi connectivity index (χ2v) is 6.09. The Hall–Kier alpha value is -0.520. The maximum atomic E-state index is 11.9. The topological polar surface area (TPSA) is 29.5 Å². The van der Waals surface area contributed by atoms with Crippen LogP contribution in [0.5, 0.6) is 5.75 Å². The van der Waals surface area contributed by atoms with Gasteiger partial charge in [-0.2, -0.15) is 11.8 Å². The van der Waals surface area contributed by atoms with Crippen molar-refractivity contribution in [2.24, 2.45) is 0 Å². The summed E-state index contributed by atoms with van der Waals surface area (Å²) in [5.74, 6) is 2.39. The van der Waals surface area contributed by atoms with Gasteiger partial charge in [-0.1, -0.05) is 0 Å². The van der Waals surface area contributed by atoms with Crippen LogP contribution in [0.25, 0.3) is 0 Å². The summed E-state index contributed by atoms with van der Waals surface area (Å²) in [5, 5.41) is 0. The Labute approximate surface area is 121 Å². The molecule has 0 atom stereocenters. The molecule has 0 aromatic heterocycles. The van der Waals surface area contributed by atoms with Crippen molar-refractivity contribution in [3.63, 3.8) is 0 Å². The number of ether oxygens (including phenoxy) is 1. The molecule has 0 saturated carbocycles. The molecule has 0 saturated heterocycles. The van der Waals surface area contributed by atoms with E-state index in [1.165, 1.54) is 0 Å². The van der Waals surface area contributed by atoms with Crippen LogP contribution in [0.2, 0.25) is 0 Å². The number of benzene rings is 1. The molecule has 0 aliphatic rings. The monoisotopic (exact) mass is 331 g/mol. The SMILES string of the molecule is COc1ccc(C(=O)CSCCN(C)C)cc1Br. The van der Waals surface area contributed by atoms with Crippen LogP contribution in [-0.2, 0) is 0 Å². The average Bonchev–Trinajstić information content (AvgIpc) is 2.34. The lowest BCUT2D eigenvalue weighted by atomic mass is 10.1. The normalized spacial score (nSPS) is 10.7. The smallest absolute Gasteiger partial charge is 0.172 e. The van der Waals surface area contributed by atoms with E-state index in [0.29, 0.717) is 5.75 Å². The van der Waals surface area contributed by atoms with Gasteiger partial charge in [0.15, 0.2) is 5.78 Å². The van der Waals surface area contributed by atoms with Gasteiger partial charge in [0, 0.05) is 17.9 Å². The van der Waals surface area contributed by atoms with Crippen molar-refractivity contribution in [1.29, 1.82) is 0 Å². The van der Waals surface area contributed by atoms with Crippen molar-refractivity contribution in [3.05, 3.63) is 28.2 Å². The van der Waals surface area contributed by atoms with Gasteiger partial charge in [-0.3, -0.25) is 4.79 Å². The molecule has 0 aliphatic heterocycles. The Morgan fingerprint density at radius 1 is 1.44 bits per heavy atom. The summed E-state index contributed by atoms with van der Waals surface area (Å²) in [4.78, 5) is 14.1. The highest BCUT2D eigenvalue weighted by molar-refractivity contribution is 9.10. The van der Waals surface area contributed by atoms with E-state index in [1.807, 2.05) is 26.2 Å². The number of halogens is 1.